The van der Waals surface area contributed by atoms with E-state index in [1.807, 2.05) is 31.2 Å². The Hall–Kier alpha value is -0.950. The van der Waals surface area contributed by atoms with Gasteiger partial charge in [-0.25, -0.2) is 13.1 Å². The van der Waals surface area contributed by atoms with Crippen LogP contribution in [-0.4, -0.2) is 34.2 Å². The SMILES string of the molecule is CCNCc1cccc(CS(=O)(=O)NC2CCCOC2)c1. The van der Waals surface area contributed by atoms with Crippen LogP contribution in [0.3, 0.4) is 0 Å². The van der Waals surface area contributed by atoms with Crippen molar-refractivity contribution in [1.82, 2.24) is 10.0 Å². The van der Waals surface area contributed by atoms with Crippen LogP contribution in [-0.2, 0) is 27.1 Å². The minimum absolute atomic E-state index is 0.0173. The largest absolute Gasteiger partial charge is 0.380 e. The molecule has 1 heterocycles. The molecule has 2 rings (SSSR count). The van der Waals surface area contributed by atoms with E-state index < -0.39 is 10.0 Å². The lowest BCUT2D eigenvalue weighted by Gasteiger charge is -2.23. The van der Waals surface area contributed by atoms with Gasteiger partial charge in [0.05, 0.1) is 12.4 Å². The lowest BCUT2D eigenvalue weighted by atomic mass is 10.1. The van der Waals surface area contributed by atoms with E-state index in [-0.39, 0.29) is 11.8 Å². The molecule has 6 heteroatoms. The number of hydrogen-bond donors (Lipinski definition) is 2. The van der Waals surface area contributed by atoms with Gasteiger partial charge in [-0.15, -0.1) is 0 Å². The Bertz CT molecular complexity index is 540. The maximum Gasteiger partial charge on any atom is 0.216 e. The van der Waals surface area contributed by atoms with Gasteiger partial charge in [0.2, 0.25) is 10.0 Å². The Labute approximate surface area is 127 Å². The molecule has 2 N–H and O–H groups in total. The number of sulfonamides is 1. The first kappa shape index (κ1) is 16.4. The van der Waals surface area contributed by atoms with Gasteiger partial charge in [-0.3, -0.25) is 0 Å². The smallest absolute Gasteiger partial charge is 0.216 e. The Morgan fingerprint density at radius 1 is 1.33 bits per heavy atom. The van der Waals surface area contributed by atoms with Crippen molar-refractivity contribution in [3.05, 3.63) is 35.4 Å². The molecule has 0 bridgehead atoms. The monoisotopic (exact) mass is 312 g/mol. The molecule has 1 atom stereocenters. The summed E-state index contributed by atoms with van der Waals surface area (Å²) in [4.78, 5) is 0. The second kappa shape index (κ2) is 7.89. The predicted molar refractivity (Wildman–Crippen MR) is 83.4 cm³/mol. The van der Waals surface area contributed by atoms with Gasteiger partial charge in [0.15, 0.2) is 0 Å². The molecule has 0 amide bonds. The Morgan fingerprint density at radius 2 is 2.14 bits per heavy atom. The van der Waals surface area contributed by atoms with Gasteiger partial charge >= 0.3 is 0 Å². The van der Waals surface area contributed by atoms with E-state index in [1.54, 1.807) is 0 Å². The van der Waals surface area contributed by atoms with E-state index in [2.05, 4.69) is 10.0 Å². The van der Waals surface area contributed by atoms with Gasteiger partial charge in [0, 0.05) is 19.2 Å². The molecule has 0 radical (unpaired) electrons. The van der Waals surface area contributed by atoms with Crippen molar-refractivity contribution >= 4 is 10.0 Å². The van der Waals surface area contributed by atoms with Gasteiger partial charge in [-0.1, -0.05) is 31.2 Å². The predicted octanol–water partition coefficient (Wildman–Crippen LogP) is 1.39. The van der Waals surface area contributed by atoms with Crippen LogP contribution in [0.25, 0.3) is 0 Å². The summed E-state index contributed by atoms with van der Waals surface area (Å²) in [6.07, 6.45) is 1.76. The molecule has 1 aromatic rings. The molecule has 0 spiro atoms. The molecular formula is C15H24N2O3S. The molecule has 5 nitrogen and oxygen atoms in total. The number of rotatable bonds is 7. The van der Waals surface area contributed by atoms with E-state index in [1.165, 1.54) is 0 Å². The molecule has 1 aliphatic rings. The van der Waals surface area contributed by atoms with Gasteiger partial charge < -0.3 is 10.1 Å². The van der Waals surface area contributed by atoms with Crippen LogP contribution >= 0.6 is 0 Å². The van der Waals surface area contributed by atoms with Crippen molar-refractivity contribution in [3.63, 3.8) is 0 Å². The third-order valence-electron chi connectivity index (χ3n) is 3.43. The Balaban J connectivity index is 1.95. The lowest BCUT2D eigenvalue weighted by molar-refractivity contribution is 0.0774. The van der Waals surface area contributed by atoms with Crippen molar-refractivity contribution in [3.8, 4) is 0 Å². The fourth-order valence-corrected chi connectivity index (χ4v) is 3.84. The molecule has 0 aliphatic carbocycles. The van der Waals surface area contributed by atoms with E-state index in [9.17, 15) is 8.42 Å². The normalized spacial score (nSPS) is 19.6. The summed E-state index contributed by atoms with van der Waals surface area (Å²) in [5.41, 5.74) is 1.92. The Kier molecular flexibility index (Phi) is 6.17. The highest BCUT2D eigenvalue weighted by Gasteiger charge is 2.20. The second-order valence-corrected chi connectivity index (χ2v) is 7.15. The van der Waals surface area contributed by atoms with Crippen LogP contribution in [0.2, 0.25) is 0 Å². The standard InChI is InChI=1S/C15H24N2O3S/c1-2-16-10-13-5-3-6-14(9-13)12-21(18,19)17-15-7-4-8-20-11-15/h3,5-6,9,15-17H,2,4,7-8,10-12H2,1H3. The quantitative estimate of drug-likeness (QED) is 0.798. The summed E-state index contributed by atoms with van der Waals surface area (Å²) in [6.45, 7) is 4.90. The van der Waals surface area contributed by atoms with Crippen LogP contribution in [0.4, 0.5) is 0 Å². The summed E-state index contributed by atoms with van der Waals surface area (Å²) in [6, 6.07) is 7.61. The summed E-state index contributed by atoms with van der Waals surface area (Å²) < 4.78 is 32.5. The molecule has 21 heavy (non-hydrogen) atoms. The summed E-state index contributed by atoms with van der Waals surface area (Å²) in [7, 11) is -3.32. The maximum atomic E-state index is 12.2. The second-order valence-electron chi connectivity index (χ2n) is 5.39. The third-order valence-corrected chi connectivity index (χ3v) is 4.84. The van der Waals surface area contributed by atoms with Crippen molar-refractivity contribution < 1.29 is 13.2 Å². The average molecular weight is 312 g/mol. The summed E-state index contributed by atoms with van der Waals surface area (Å²) in [5, 5.41) is 3.24. The number of ether oxygens (including phenoxy) is 1. The van der Waals surface area contributed by atoms with Crippen molar-refractivity contribution in [2.24, 2.45) is 0 Å². The van der Waals surface area contributed by atoms with E-state index in [0.717, 1.165) is 43.7 Å². The van der Waals surface area contributed by atoms with Crippen LogP contribution < -0.4 is 10.0 Å². The zero-order chi connectivity index (χ0) is 15.1. The highest BCUT2D eigenvalue weighted by Crippen LogP contribution is 2.12. The average Bonchev–Trinajstić information content (AvgIpc) is 2.45. The van der Waals surface area contributed by atoms with E-state index in [4.69, 9.17) is 4.74 Å². The minimum Gasteiger partial charge on any atom is -0.380 e. The van der Waals surface area contributed by atoms with Crippen molar-refractivity contribution in [2.75, 3.05) is 19.8 Å². The van der Waals surface area contributed by atoms with Gasteiger partial charge in [-0.05, 0) is 30.5 Å². The first-order valence-corrected chi connectivity index (χ1v) is 9.10. The van der Waals surface area contributed by atoms with Crippen molar-refractivity contribution in [2.45, 2.75) is 38.1 Å². The highest BCUT2D eigenvalue weighted by atomic mass is 32.2. The van der Waals surface area contributed by atoms with Gasteiger partial charge in [0.25, 0.3) is 0 Å². The van der Waals surface area contributed by atoms with E-state index >= 15 is 0 Å². The summed E-state index contributed by atoms with van der Waals surface area (Å²) >= 11 is 0. The third kappa shape index (κ3) is 5.74. The molecule has 1 aliphatic heterocycles. The molecular weight excluding hydrogens is 288 g/mol. The van der Waals surface area contributed by atoms with Gasteiger partial charge in [0.1, 0.15) is 0 Å². The topological polar surface area (TPSA) is 67.4 Å². The van der Waals surface area contributed by atoms with Crippen LogP contribution in [0.15, 0.2) is 24.3 Å². The zero-order valence-corrected chi connectivity index (χ0v) is 13.3. The molecule has 1 unspecified atom stereocenters. The van der Waals surface area contributed by atoms with E-state index in [0.29, 0.717) is 6.61 Å². The number of nitrogens with one attached hydrogen (secondary N) is 2. The zero-order valence-electron chi connectivity index (χ0n) is 12.5. The minimum atomic E-state index is -3.32. The molecule has 0 saturated carbocycles. The maximum absolute atomic E-state index is 12.2. The molecule has 0 aromatic heterocycles. The first-order valence-electron chi connectivity index (χ1n) is 7.45. The molecule has 1 saturated heterocycles. The van der Waals surface area contributed by atoms with Crippen LogP contribution in [0.5, 0.6) is 0 Å². The van der Waals surface area contributed by atoms with Crippen LogP contribution in [0.1, 0.15) is 30.9 Å². The number of hydrogen-bond acceptors (Lipinski definition) is 4. The molecule has 118 valence electrons. The molecule has 1 fully saturated rings. The highest BCUT2D eigenvalue weighted by molar-refractivity contribution is 7.88. The fourth-order valence-electron chi connectivity index (χ4n) is 2.45. The van der Waals surface area contributed by atoms with Crippen LogP contribution in [0, 0.1) is 0 Å². The molecule has 1 aromatic carbocycles. The first-order chi connectivity index (χ1) is 10.1. The lowest BCUT2D eigenvalue weighted by Crippen LogP contribution is -2.41. The number of benzene rings is 1. The Morgan fingerprint density at radius 3 is 2.86 bits per heavy atom. The summed E-state index contributed by atoms with van der Waals surface area (Å²) in [5.74, 6) is 0.0173. The van der Waals surface area contributed by atoms with Crippen molar-refractivity contribution in [1.29, 1.82) is 0 Å². The van der Waals surface area contributed by atoms with Gasteiger partial charge in [-0.2, -0.15) is 0 Å². The fraction of sp³-hybridized carbons (Fsp3) is 0.600.